The van der Waals surface area contributed by atoms with Crippen LogP contribution in [-0.2, 0) is 11.8 Å². The van der Waals surface area contributed by atoms with Crippen molar-refractivity contribution in [3.63, 3.8) is 0 Å². The van der Waals surface area contributed by atoms with Crippen LogP contribution in [0.5, 0.6) is 0 Å². The number of hydrogen-bond donors (Lipinski definition) is 2. The fourth-order valence-corrected chi connectivity index (χ4v) is 0.875. The summed E-state index contributed by atoms with van der Waals surface area (Å²) in [5, 5.41) is 5.74. The molecular formula is C8H11F3N4O. The van der Waals surface area contributed by atoms with Gasteiger partial charge in [-0.05, 0) is 6.92 Å². The van der Waals surface area contributed by atoms with Crippen molar-refractivity contribution in [1.82, 2.24) is 9.78 Å². The van der Waals surface area contributed by atoms with Gasteiger partial charge in [-0.15, -0.1) is 0 Å². The zero-order valence-electron chi connectivity index (χ0n) is 8.67. The molecule has 8 heteroatoms. The van der Waals surface area contributed by atoms with Crippen LogP contribution in [0.3, 0.4) is 0 Å². The largest absolute Gasteiger partial charge is 0.415 e. The number of nitrogens with zero attached hydrogens (tertiary/aromatic N) is 2. The summed E-state index contributed by atoms with van der Waals surface area (Å²) >= 11 is 0. The number of nitrogens with one attached hydrogen (secondary N) is 1. The normalized spacial score (nSPS) is 15.6. The molecule has 0 saturated carbocycles. The van der Waals surface area contributed by atoms with Gasteiger partial charge in [0.2, 0.25) is 0 Å². The molecule has 0 spiro atoms. The highest BCUT2D eigenvalue weighted by Crippen LogP contribution is 2.28. The molecule has 0 aliphatic carbocycles. The molecule has 0 aliphatic heterocycles. The van der Waals surface area contributed by atoms with Crippen LogP contribution in [-0.4, -0.2) is 27.4 Å². The summed E-state index contributed by atoms with van der Waals surface area (Å²) in [7, 11) is 1.57. The molecule has 1 atom stereocenters. The summed E-state index contributed by atoms with van der Waals surface area (Å²) in [5.41, 5.74) is 2.16. The quantitative estimate of drug-likeness (QED) is 0.791. The number of aryl methyl sites for hydroxylation is 1. The molecular weight excluding hydrogens is 225 g/mol. The molecule has 1 rings (SSSR count). The highest BCUT2D eigenvalue weighted by Gasteiger charge is 2.54. The third-order valence-electron chi connectivity index (χ3n) is 2.02. The van der Waals surface area contributed by atoms with E-state index < -0.39 is 17.6 Å². The first-order chi connectivity index (χ1) is 7.14. The van der Waals surface area contributed by atoms with Crippen LogP contribution >= 0.6 is 0 Å². The van der Waals surface area contributed by atoms with Crippen LogP contribution in [0.15, 0.2) is 12.4 Å². The highest BCUT2D eigenvalue weighted by atomic mass is 19.4. The minimum absolute atomic E-state index is 0.161. The Morgan fingerprint density at radius 1 is 1.56 bits per heavy atom. The molecule has 3 N–H and O–H groups in total. The van der Waals surface area contributed by atoms with Crippen LogP contribution in [0.4, 0.5) is 18.9 Å². The second-order valence-electron chi connectivity index (χ2n) is 3.56. The molecule has 1 amide bonds. The number of carbonyl (C=O) groups excluding carboxylic acids is 1. The molecule has 0 fully saturated rings. The van der Waals surface area contributed by atoms with Gasteiger partial charge >= 0.3 is 6.18 Å². The molecule has 0 saturated heterocycles. The van der Waals surface area contributed by atoms with E-state index in [9.17, 15) is 18.0 Å². The maximum atomic E-state index is 12.4. The number of amides is 1. The lowest BCUT2D eigenvalue weighted by molar-refractivity contribution is -0.184. The topological polar surface area (TPSA) is 72.9 Å². The molecule has 0 aromatic carbocycles. The van der Waals surface area contributed by atoms with Gasteiger partial charge in [-0.3, -0.25) is 9.48 Å². The SMILES string of the molecule is Cn1cc(NC(=O)C(C)(N)C(F)(F)F)cn1. The van der Waals surface area contributed by atoms with Gasteiger partial charge in [-0.1, -0.05) is 0 Å². The fourth-order valence-electron chi connectivity index (χ4n) is 0.875. The third kappa shape index (κ3) is 2.32. The fraction of sp³-hybridized carbons (Fsp3) is 0.500. The zero-order chi connectivity index (χ0) is 12.6. The zero-order valence-corrected chi connectivity index (χ0v) is 8.67. The molecule has 0 bridgehead atoms. The average Bonchev–Trinajstić information content (AvgIpc) is 2.49. The molecule has 90 valence electrons. The van der Waals surface area contributed by atoms with Crippen molar-refractivity contribution in [2.24, 2.45) is 12.8 Å². The van der Waals surface area contributed by atoms with E-state index >= 15 is 0 Å². The van der Waals surface area contributed by atoms with Gasteiger partial charge in [0.15, 0.2) is 5.54 Å². The number of carbonyl (C=O) groups is 1. The van der Waals surface area contributed by atoms with Crippen molar-refractivity contribution in [3.05, 3.63) is 12.4 Å². The standard InChI is InChI=1S/C8H11F3N4O/c1-7(12,8(9,10)11)6(16)14-5-3-13-15(2)4-5/h3-4H,12H2,1-2H3,(H,14,16). The number of nitrogens with two attached hydrogens (primary N) is 1. The van der Waals surface area contributed by atoms with Crippen LogP contribution < -0.4 is 11.1 Å². The number of halogens is 3. The van der Waals surface area contributed by atoms with E-state index in [1.165, 1.54) is 17.1 Å². The highest BCUT2D eigenvalue weighted by molar-refractivity contribution is 5.98. The molecule has 1 heterocycles. The Bertz CT molecular complexity index is 396. The first-order valence-corrected chi connectivity index (χ1v) is 4.30. The number of anilines is 1. The van der Waals surface area contributed by atoms with Crippen molar-refractivity contribution in [2.75, 3.05) is 5.32 Å². The smallest absolute Gasteiger partial charge is 0.322 e. The number of hydrogen-bond acceptors (Lipinski definition) is 3. The predicted molar refractivity (Wildman–Crippen MR) is 50.5 cm³/mol. The molecule has 0 radical (unpaired) electrons. The number of alkyl halides is 3. The van der Waals surface area contributed by atoms with Crippen LogP contribution in [0.2, 0.25) is 0 Å². The van der Waals surface area contributed by atoms with Gasteiger partial charge in [0, 0.05) is 13.2 Å². The van der Waals surface area contributed by atoms with E-state index in [4.69, 9.17) is 5.73 Å². The predicted octanol–water partition coefficient (Wildman–Crippen LogP) is 0.638. The Labute approximate surface area is 89.4 Å². The maximum Gasteiger partial charge on any atom is 0.415 e. The summed E-state index contributed by atoms with van der Waals surface area (Å²) in [5.74, 6) is -1.33. The summed E-state index contributed by atoms with van der Waals surface area (Å²) in [6.45, 7) is 0.610. The molecule has 1 unspecified atom stereocenters. The van der Waals surface area contributed by atoms with Gasteiger partial charge in [0.1, 0.15) is 0 Å². The van der Waals surface area contributed by atoms with Crippen molar-refractivity contribution in [3.8, 4) is 0 Å². The monoisotopic (exact) mass is 236 g/mol. The average molecular weight is 236 g/mol. The molecule has 1 aromatic rings. The Kier molecular flexibility index (Phi) is 2.95. The molecule has 16 heavy (non-hydrogen) atoms. The lowest BCUT2D eigenvalue weighted by atomic mass is 10.0. The van der Waals surface area contributed by atoms with Crippen molar-refractivity contribution < 1.29 is 18.0 Å². The van der Waals surface area contributed by atoms with E-state index in [-0.39, 0.29) is 5.69 Å². The second kappa shape index (κ2) is 3.78. The second-order valence-corrected chi connectivity index (χ2v) is 3.56. The van der Waals surface area contributed by atoms with Gasteiger partial charge < -0.3 is 11.1 Å². The number of aromatic nitrogens is 2. The Morgan fingerprint density at radius 2 is 2.12 bits per heavy atom. The van der Waals surface area contributed by atoms with E-state index in [1.54, 1.807) is 7.05 Å². The summed E-state index contributed by atoms with van der Waals surface area (Å²) in [4.78, 5) is 11.3. The summed E-state index contributed by atoms with van der Waals surface area (Å²) in [6.07, 6.45) is -2.21. The van der Waals surface area contributed by atoms with Gasteiger partial charge in [-0.25, -0.2) is 0 Å². The maximum absolute atomic E-state index is 12.4. The van der Waals surface area contributed by atoms with Crippen LogP contribution in [0, 0.1) is 0 Å². The Morgan fingerprint density at radius 3 is 2.50 bits per heavy atom. The minimum Gasteiger partial charge on any atom is -0.322 e. The van der Waals surface area contributed by atoms with Crippen LogP contribution in [0.25, 0.3) is 0 Å². The van der Waals surface area contributed by atoms with Crippen molar-refractivity contribution in [1.29, 1.82) is 0 Å². The van der Waals surface area contributed by atoms with E-state index in [2.05, 4.69) is 5.10 Å². The van der Waals surface area contributed by atoms with E-state index in [0.717, 1.165) is 0 Å². The molecule has 5 nitrogen and oxygen atoms in total. The lowest BCUT2D eigenvalue weighted by Crippen LogP contribution is -2.59. The van der Waals surface area contributed by atoms with Gasteiger partial charge in [0.05, 0.1) is 11.9 Å². The third-order valence-corrected chi connectivity index (χ3v) is 2.02. The number of rotatable bonds is 2. The minimum atomic E-state index is -4.81. The Hall–Kier alpha value is -1.57. The van der Waals surface area contributed by atoms with Gasteiger partial charge in [0.25, 0.3) is 5.91 Å². The van der Waals surface area contributed by atoms with Crippen LogP contribution in [0.1, 0.15) is 6.92 Å². The Balaban J connectivity index is 2.80. The lowest BCUT2D eigenvalue weighted by Gasteiger charge is -2.25. The van der Waals surface area contributed by atoms with Gasteiger partial charge in [-0.2, -0.15) is 18.3 Å². The first-order valence-electron chi connectivity index (χ1n) is 4.30. The van der Waals surface area contributed by atoms with E-state index in [0.29, 0.717) is 6.92 Å². The molecule has 1 aromatic heterocycles. The molecule has 0 aliphatic rings. The summed E-state index contributed by atoms with van der Waals surface area (Å²) in [6, 6.07) is 0. The van der Waals surface area contributed by atoms with Crippen molar-refractivity contribution in [2.45, 2.75) is 18.6 Å². The first kappa shape index (κ1) is 12.5. The summed E-state index contributed by atoms with van der Waals surface area (Å²) < 4.78 is 38.5. The van der Waals surface area contributed by atoms with Crippen molar-refractivity contribution >= 4 is 11.6 Å². The van der Waals surface area contributed by atoms with E-state index in [1.807, 2.05) is 5.32 Å².